The van der Waals surface area contributed by atoms with Crippen molar-refractivity contribution in [3.8, 4) is 0 Å². The lowest BCUT2D eigenvalue weighted by Crippen LogP contribution is -2.35. The number of nitrogens with two attached hydrogens (primary N) is 1. The van der Waals surface area contributed by atoms with E-state index in [1.165, 1.54) is 0 Å². The zero-order chi connectivity index (χ0) is 15.2. The summed E-state index contributed by atoms with van der Waals surface area (Å²) >= 11 is 0. The molecule has 0 fully saturated rings. The molecule has 2 aromatic carbocycles. The fourth-order valence-electron chi connectivity index (χ4n) is 2.52. The van der Waals surface area contributed by atoms with Crippen molar-refractivity contribution in [3.05, 3.63) is 70.8 Å². The summed E-state index contributed by atoms with van der Waals surface area (Å²) in [6, 6.07) is 15.9. The average Bonchev–Trinajstić information content (AvgIpc) is 2.47. The van der Waals surface area contributed by atoms with E-state index in [0.29, 0.717) is 19.6 Å². The van der Waals surface area contributed by atoms with Crippen LogP contribution in [0, 0.1) is 13.8 Å². The van der Waals surface area contributed by atoms with Crippen LogP contribution in [0.4, 0.5) is 0 Å². The minimum Gasteiger partial charge on any atom is -0.333 e. The van der Waals surface area contributed by atoms with Crippen molar-refractivity contribution in [1.29, 1.82) is 0 Å². The second-order valence-electron chi connectivity index (χ2n) is 5.27. The number of hydrogen-bond acceptors (Lipinski definition) is 2. The van der Waals surface area contributed by atoms with E-state index in [2.05, 4.69) is 0 Å². The highest BCUT2D eigenvalue weighted by Crippen LogP contribution is 2.17. The zero-order valence-electron chi connectivity index (χ0n) is 12.7. The fourth-order valence-corrected chi connectivity index (χ4v) is 2.52. The molecule has 0 bridgehead atoms. The first-order valence-corrected chi connectivity index (χ1v) is 7.23. The van der Waals surface area contributed by atoms with Crippen molar-refractivity contribution in [2.75, 3.05) is 13.1 Å². The quantitative estimate of drug-likeness (QED) is 0.916. The predicted molar refractivity (Wildman–Crippen MR) is 86.2 cm³/mol. The number of nitrogens with zero attached hydrogens (tertiary/aromatic N) is 1. The standard InChI is InChI=1S/C18H22N2O/c1-14-7-6-8-15(2)17(14)18(21)20(12-11-19)13-16-9-4-3-5-10-16/h3-10H,11-13,19H2,1-2H3. The van der Waals surface area contributed by atoms with Gasteiger partial charge in [0.05, 0.1) is 0 Å². The number of amides is 1. The molecule has 3 nitrogen and oxygen atoms in total. The molecule has 0 aromatic heterocycles. The van der Waals surface area contributed by atoms with E-state index in [0.717, 1.165) is 22.3 Å². The molecule has 0 saturated carbocycles. The Labute approximate surface area is 126 Å². The molecule has 2 aromatic rings. The third-order valence-electron chi connectivity index (χ3n) is 3.60. The first-order valence-electron chi connectivity index (χ1n) is 7.23. The summed E-state index contributed by atoms with van der Waals surface area (Å²) in [6.45, 7) is 5.56. The van der Waals surface area contributed by atoms with E-state index in [-0.39, 0.29) is 5.91 Å². The number of rotatable bonds is 5. The second-order valence-corrected chi connectivity index (χ2v) is 5.27. The van der Waals surface area contributed by atoms with E-state index in [4.69, 9.17) is 5.73 Å². The Morgan fingerprint density at radius 3 is 2.19 bits per heavy atom. The lowest BCUT2D eigenvalue weighted by atomic mass is 10.0. The molecule has 0 aliphatic carbocycles. The van der Waals surface area contributed by atoms with Crippen LogP contribution in [0.1, 0.15) is 27.0 Å². The molecule has 0 saturated heterocycles. The van der Waals surface area contributed by atoms with Crippen molar-refractivity contribution in [2.45, 2.75) is 20.4 Å². The van der Waals surface area contributed by atoms with E-state index in [1.807, 2.05) is 67.3 Å². The van der Waals surface area contributed by atoms with Gasteiger partial charge in [-0.05, 0) is 30.5 Å². The highest BCUT2D eigenvalue weighted by molar-refractivity contribution is 5.97. The number of benzene rings is 2. The van der Waals surface area contributed by atoms with E-state index in [9.17, 15) is 4.79 Å². The third kappa shape index (κ3) is 3.70. The number of carbonyl (C=O) groups is 1. The van der Waals surface area contributed by atoms with Gasteiger partial charge < -0.3 is 10.6 Å². The van der Waals surface area contributed by atoms with Crippen LogP contribution in [0.3, 0.4) is 0 Å². The molecule has 0 radical (unpaired) electrons. The molecule has 0 spiro atoms. The van der Waals surface area contributed by atoms with Crippen LogP contribution in [-0.2, 0) is 6.54 Å². The monoisotopic (exact) mass is 282 g/mol. The van der Waals surface area contributed by atoms with Crippen molar-refractivity contribution in [2.24, 2.45) is 5.73 Å². The van der Waals surface area contributed by atoms with Crippen LogP contribution >= 0.6 is 0 Å². The molecule has 2 rings (SSSR count). The second kappa shape index (κ2) is 7.04. The van der Waals surface area contributed by atoms with Crippen molar-refractivity contribution in [1.82, 2.24) is 4.90 Å². The van der Waals surface area contributed by atoms with Gasteiger partial charge in [-0.25, -0.2) is 0 Å². The predicted octanol–water partition coefficient (Wildman–Crippen LogP) is 2.90. The van der Waals surface area contributed by atoms with Crippen LogP contribution in [0.2, 0.25) is 0 Å². The summed E-state index contributed by atoms with van der Waals surface area (Å²) in [5.41, 5.74) is 9.61. The van der Waals surface area contributed by atoms with Crippen LogP contribution in [0.15, 0.2) is 48.5 Å². The van der Waals surface area contributed by atoms with Gasteiger partial charge in [0.25, 0.3) is 5.91 Å². The minimum atomic E-state index is 0.0555. The summed E-state index contributed by atoms with van der Waals surface area (Å²) in [6.07, 6.45) is 0. The minimum absolute atomic E-state index is 0.0555. The normalized spacial score (nSPS) is 10.4. The molecule has 0 atom stereocenters. The van der Waals surface area contributed by atoms with Gasteiger partial charge in [0.15, 0.2) is 0 Å². The van der Waals surface area contributed by atoms with Gasteiger partial charge in [-0.15, -0.1) is 0 Å². The van der Waals surface area contributed by atoms with Gasteiger partial charge in [-0.2, -0.15) is 0 Å². The Kier molecular flexibility index (Phi) is 5.12. The fraction of sp³-hybridized carbons (Fsp3) is 0.278. The largest absolute Gasteiger partial charge is 0.333 e. The Morgan fingerprint density at radius 1 is 1.00 bits per heavy atom. The Balaban J connectivity index is 2.27. The van der Waals surface area contributed by atoms with Gasteiger partial charge in [-0.1, -0.05) is 48.5 Å². The number of carbonyl (C=O) groups excluding carboxylic acids is 1. The summed E-state index contributed by atoms with van der Waals surface area (Å²) in [4.78, 5) is 14.7. The molecule has 0 unspecified atom stereocenters. The Bertz CT molecular complexity index is 588. The number of aryl methyl sites for hydroxylation is 2. The molecule has 110 valence electrons. The van der Waals surface area contributed by atoms with Crippen molar-refractivity contribution < 1.29 is 4.79 Å². The van der Waals surface area contributed by atoms with Crippen LogP contribution in [0.5, 0.6) is 0 Å². The lowest BCUT2D eigenvalue weighted by Gasteiger charge is -2.24. The smallest absolute Gasteiger partial charge is 0.254 e. The van der Waals surface area contributed by atoms with Crippen molar-refractivity contribution in [3.63, 3.8) is 0 Å². The van der Waals surface area contributed by atoms with E-state index in [1.54, 1.807) is 0 Å². The van der Waals surface area contributed by atoms with Gasteiger partial charge in [-0.3, -0.25) is 4.79 Å². The summed E-state index contributed by atoms with van der Waals surface area (Å²) < 4.78 is 0. The molecule has 0 aliphatic heterocycles. The molecule has 0 aliphatic rings. The van der Waals surface area contributed by atoms with E-state index >= 15 is 0 Å². The maximum Gasteiger partial charge on any atom is 0.254 e. The SMILES string of the molecule is Cc1cccc(C)c1C(=O)N(CCN)Cc1ccccc1. The molecular formula is C18H22N2O. The summed E-state index contributed by atoms with van der Waals surface area (Å²) in [5, 5.41) is 0. The molecule has 21 heavy (non-hydrogen) atoms. The summed E-state index contributed by atoms with van der Waals surface area (Å²) in [5.74, 6) is 0.0555. The highest BCUT2D eigenvalue weighted by Gasteiger charge is 2.19. The van der Waals surface area contributed by atoms with Crippen LogP contribution in [0.25, 0.3) is 0 Å². The Morgan fingerprint density at radius 2 is 1.62 bits per heavy atom. The Hall–Kier alpha value is -2.13. The third-order valence-corrected chi connectivity index (χ3v) is 3.60. The van der Waals surface area contributed by atoms with Crippen LogP contribution < -0.4 is 5.73 Å². The van der Waals surface area contributed by atoms with E-state index < -0.39 is 0 Å². The van der Waals surface area contributed by atoms with Gasteiger partial charge in [0.1, 0.15) is 0 Å². The van der Waals surface area contributed by atoms with Crippen LogP contribution in [-0.4, -0.2) is 23.9 Å². The number of hydrogen-bond donors (Lipinski definition) is 1. The maximum absolute atomic E-state index is 12.9. The van der Waals surface area contributed by atoms with Gasteiger partial charge in [0.2, 0.25) is 0 Å². The van der Waals surface area contributed by atoms with Gasteiger partial charge >= 0.3 is 0 Å². The highest BCUT2D eigenvalue weighted by atomic mass is 16.2. The molecule has 3 heteroatoms. The van der Waals surface area contributed by atoms with Crippen molar-refractivity contribution >= 4 is 5.91 Å². The first-order chi connectivity index (χ1) is 10.1. The topological polar surface area (TPSA) is 46.3 Å². The molecule has 2 N–H and O–H groups in total. The maximum atomic E-state index is 12.9. The van der Waals surface area contributed by atoms with Gasteiger partial charge in [0, 0.05) is 25.2 Å². The summed E-state index contributed by atoms with van der Waals surface area (Å²) in [7, 11) is 0. The molecule has 0 heterocycles. The lowest BCUT2D eigenvalue weighted by molar-refractivity contribution is 0.0747. The molecular weight excluding hydrogens is 260 g/mol. The molecule has 1 amide bonds. The average molecular weight is 282 g/mol. The first kappa shape index (κ1) is 15.3. The zero-order valence-corrected chi connectivity index (χ0v) is 12.7.